The van der Waals surface area contributed by atoms with Crippen molar-refractivity contribution in [3.63, 3.8) is 0 Å². The molecule has 2 rings (SSSR count). The Kier molecular flexibility index (Phi) is 5.76. The molecule has 22 heavy (non-hydrogen) atoms. The minimum atomic E-state index is -0.594. The second kappa shape index (κ2) is 7.58. The SMILES string of the molecule is COC(=O)c1ccc(NC(=O)C(N)C2CCOCC2)cc1Cl. The zero-order chi connectivity index (χ0) is 16.1. The van der Waals surface area contributed by atoms with Gasteiger partial charge >= 0.3 is 5.97 Å². The van der Waals surface area contributed by atoms with Gasteiger partial charge < -0.3 is 20.5 Å². The van der Waals surface area contributed by atoms with Crippen LogP contribution in [0.25, 0.3) is 0 Å². The number of hydrogen-bond donors (Lipinski definition) is 2. The number of benzene rings is 1. The number of rotatable bonds is 4. The Morgan fingerprint density at radius 3 is 2.68 bits per heavy atom. The third-order valence-corrected chi connectivity index (χ3v) is 4.03. The molecule has 1 unspecified atom stereocenters. The van der Waals surface area contributed by atoms with Crippen molar-refractivity contribution in [2.24, 2.45) is 11.7 Å². The average Bonchev–Trinajstić information content (AvgIpc) is 2.54. The van der Waals surface area contributed by atoms with Crippen molar-refractivity contribution in [2.45, 2.75) is 18.9 Å². The zero-order valence-corrected chi connectivity index (χ0v) is 13.1. The molecule has 0 spiro atoms. The van der Waals surface area contributed by atoms with E-state index < -0.39 is 12.0 Å². The van der Waals surface area contributed by atoms with Gasteiger partial charge in [-0.05, 0) is 37.0 Å². The lowest BCUT2D eigenvalue weighted by molar-refractivity contribution is -0.119. The van der Waals surface area contributed by atoms with E-state index in [-0.39, 0.29) is 22.4 Å². The number of halogens is 1. The molecule has 1 aromatic carbocycles. The van der Waals surface area contributed by atoms with Gasteiger partial charge in [-0.1, -0.05) is 11.6 Å². The van der Waals surface area contributed by atoms with Crippen LogP contribution in [-0.4, -0.2) is 38.2 Å². The number of nitrogens with two attached hydrogens (primary N) is 1. The number of esters is 1. The van der Waals surface area contributed by atoms with Crippen LogP contribution >= 0.6 is 11.6 Å². The van der Waals surface area contributed by atoms with E-state index in [0.717, 1.165) is 12.8 Å². The summed E-state index contributed by atoms with van der Waals surface area (Å²) in [5.74, 6) is -0.686. The molecule has 0 bridgehead atoms. The number of hydrogen-bond acceptors (Lipinski definition) is 5. The highest BCUT2D eigenvalue weighted by atomic mass is 35.5. The summed E-state index contributed by atoms with van der Waals surface area (Å²) in [5, 5.41) is 2.93. The first-order chi connectivity index (χ1) is 10.5. The highest BCUT2D eigenvalue weighted by Gasteiger charge is 2.26. The molecule has 1 aliphatic rings. The summed E-state index contributed by atoms with van der Waals surface area (Å²) in [6.45, 7) is 1.26. The van der Waals surface area contributed by atoms with Crippen molar-refractivity contribution in [3.05, 3.63) is 28.8 Å². The van der Waals surface area contributed by atoms with Crippen molar-refractivity contribution >= 4 is 29.2 Å². The van der Waals surface area contributed by atoms with Crippen LogP contribution in [0.15, 0.2) is 18.2 Å². The lowest BCUT2D eigenvalue weighted by Gasteiger charge is -2.26. The summed E-state index contributed by atoms with van der Waals surface area (Å²) < 4.78 is 9.87. The Balaban J connectivity index is 2.02. The smallest absolute Gasteiger partial charge is 0.339 e. The predicted octanol–water partition coefficient (Wildman–Crippen LogP) is 1.82. The molecule has 0 saturated carbocycles. The van der Waals surface area contributed by atoms with Crippen LogP contribution < -0.4 is 11.1 Å². The Morgan fingerprint density at radius 2 is 2.09 bits per heavy atom. The highest BCUT2D eigenvalue weighted by molar-refractivity contribution is 6.34. The van der Waals surface area contributed by atoms with Crippen LogP contribution in [0.1, 0.15) is 23.2 Å². The van der Waals surface area contributed by atoms with E-state index in [4.69, 9.17) is 22.1 Å². The van der Waals surface area contributed by atoms with Crippen molar-refractivity contribution in [3.8, 4) is 0 Å². The largest absolute Gasteiger partial charge is 0.465 e. The van der Waals surface area contributed by atoms with Crippen molar-refractivity contribution < 1.29 is 19.1 Å². The molecular weight excluding hydrogens is 308 g/mol. The predicted molar refractivity (Wildman–Crippen MR) is 82.9 cm³/mol. The molecule has 1 atom stereocenters. The number of nitrogens with one attached hydrogen (secondary N) is 1. The summed E-state index contributed by atoms with van der Waals surface area (Å²) in [6, 6.07) is 4.00. The second-order valence-corrected chi connectivity index (χ2v) is 5.56. The molecule has 1 aliphatic heterocycles. The van der Waals surface area contributed by atoms with Gasteiger partial charge in [0.2, 0.25) is 5.91 Å². The van der Waals surface area contributed by atoms with Gasteiger partial charge in [0.25, 0.3) is 0 Å². The number of methoxy groups -OCH3 is 1. The molecule has 120 valence electrons. The summed E-state index contributed by atoms with van der Waals surface area (Å²) in [6.07, 6.45) is 1.55. The summed E-state index contributed by atoms with van der Waals surface area (Å²) in [4.78, 5) is 23.6. The van der Waals surface area contributed by atoms with E-state index in [2.05, 4.69) is 10.1 Å². The fourth-order valence-electron chi connectivity index (χ4n) is 2.38. The van der Waals surface area contributed by atoms with Gasteiger partial charge in [-0.3, -0.25) is 4.79 Å². The molecule has 7 heteroatoms. The van der Waals surface area contributed by atoms with E-state index in [1.807, 2.05) is 0 Å². The van der Waals surface area contributed by atoms with E-state index in [0.29, 0.717) is 18.9 Å². The molecule has 1 heterocycles. The Hall–Kier alpha value is -1.63. The standard InChI is InChI=1S/C15H19ClN2O4/c1-21-15(20)11-3-2-10(8-12(11)16)18-14(19)13(17)9-4-6-22-7-5-9/h2-3,8-9,13H,4-7,17H2,1H3,(H,18,19). The van der Waals surface area contributed by atoms with Gasteiger partial charge in [-0.25, -0.2) is 4.79 Å². The van der Waals surface area contributed by atoms with Gasteiger partial charge in [-0.15, -0.1) is 0 Å². The van der Waals surface area contributed by atoms with Crippen LogP contribution in [0, 0.1) is 5.92 Å². The van der Waals surface area contributed by atoms with Gasteiger partial charge in [0.1, 0.15) is 0 Å². The molecule has 1 aromatic rings. The number of amides is 1. The highest BCUT2D eigenvalue weighted by Crippen LogP contribution is 2.23. The minimum Gasteiger partial charge on any atom is -0.465 e. The molecule has 0 aromatic heterocycles. The van der Waals surface area contributed by atoms with Crippen LogP contribution in [0.3, 0.4) is 0 Å². The first-order valence-electron chi connectivity index (χ1n) is 7.05. The summed E-state index contributed by atoms with van der Waals surface area (Å²) in [5.41, 5.74) is 6.74. The molecule has 1 fully saturated rings. The van der Waals surface area contributed by atoms with Crippen LogP contribution in [-0.2, 0) is 14.3 Å². The van der Waals surface area contributed by atoms with Crippen LogP contribution in [0.2, 0.25) is 5.02 Å². The molecule has 0 radical (unpaired) electrons. The summed E-state index contributed by atoms with van der Waals surface area (Å²) >= 11 is 6.01. The van der Waals surface area contributed by atoms with Crippen LogP contribution in [0.5, 0.6) is 0 Å². The second-order valence-electron chi connectivity index (χ2n) is 5.15. The average molecular weight is 327 g/mol. The van der Waals surface area contributed by atoms with Crippen molar-refractivity contribution in [1.82, 2.24) is 0 Å². The van der Waals surface area contributed by atoms with Gasteiger partial charge in [0.15, 0.2) is 0 Å². The van der Waals surface area contributed by atoms with Gasteiger partial charge in [0.05, 0.1) is 23.7 Å². The van der Waals surface area contributed by atoms with Gasteiger partial charge in [0, 0.05) is 18.9 Å². The normalized spacial score (nSPS) is 16.9. The molecule has 0 aliphatic carbocycles. The maximum Gasteiger partial charge on any atom is 0.339 e. The molecule has 3 N–H and O–H groups in total. The number of carbonyl (C=O) groups excluding carboxylic acids is 2. The third kappa shape index (κ3) is 3.97. The minimum absolute atomic E-state index is 0.110. The molecule has 6 nitrogen and oxygen atoms in total. The molecule has 1 saturated heterocycles. The van der Waals surface area contributed by atoms with Crippen molar-refractivity contribution in [1.29, 1.82) is 0 Å². The zero-order valence-electron chi connectivity index (χ0n) is 12.3. The Bertz CT molecular complexity index is 558. The van der Waals surface area contributed by atoms with E-state index in [1.54, 1.807) is 6.07 Å². The summed E-state index contributed by atoms with van der Waals surface area (Å²) in [7, 11) is 1.28. The maximum atomic E-state index is 12.2. The van der Waals surface area contributed by atoms with E-state index in [1.165, 1.54) is 19.2 Å². The first-order valence-corrected chi connectivity index (χ1v) is 7.42. The van der Waals surface area contributed by atoms with E-state index in [9.17, 15) is 9.59 Å². The quantitative estimate of drug-likeness (QED) is 0.824. The molecular formula is C15H19ClN2O4. The molecule has 1 amide bonds. The van der Waals surface area contributed by atoms with E-state index >= 15 is 0 Å². The lowest BCUT2D eigenvalue weighted by Crippen LogP contribution is -2.44. The van der Waals surface area contributed by atoms with Crippen LogP contribution in [0.4, 0.5) is 5.69 Å². The topological polar surface area (TPSA) is 90.7 Å². The maximum absolute atomic E-state index is 12.2. The number of ether oxygens (including phenoxy) is 2. The number of carbonyl (C=O) groups is 2. The third-order valence-electron chi connectivity index (χ3n) is 3.72. The first kappa shape index (κ1) is 16.7. The monoisotopic (exact) mass is 326 g/mol. The Morgan fingerprint density at radius 1 is 1.41 bits per heavy atom. The fraction of sp³-hybridized carbons (Fsp3) is 0.467. The lowest BCUT2D eigenvalue weighted by atomic mass is 9.92. The number of anilines is 1. The fourth-order valence-corrected chi connectivity index (χ4v) is 2.64. The Labute approximate surface area is 133 Å². The van der Waals surface area contributed by atoms with Gasteiger partial charge in [-0.2, -0.15) is 0 Å². The van der Waals surface area contributed by atoms with Crippen molar-refractivity contribution in [2.75, 3.05) is 25.6 Å².